The number of fused-ring (bicyclic) bond motifs is 8. The number of hydrogen-bond acceptors (Lipinski definition) is 8. The van der Waals surface area contributed by atoms with Gasteiger partial charge in [-0.15, -0.1) is 0 Å². The van der Waals surface area contributed by atoms with Crippen LogP contribution in [0.25, 0.3) is 11.0 Å². The van der Waals surface area contributed by atoms with Crippen LogP contribution >= 0.6 is 7.82 Å². The number of aromatic nitrogens is 2. The van der Waals surface area contributed by atoms with Crippen LogP contribution in [0, 0.1) is 28.6 Å². The van der Waals surface area contributed by atoms with Crippen molar-refractivity contribution in [2.24, 2.45) is 28.6 Å². The maximum atomic E-state index is 14.2. The molecule has 1 aromatic heterocycles. The van der Waals surface area contributed by atoms with Crippen LogP contribution in [0.2, 0.25) is 0 Å². The van der Waals surface area contributed by atoms with Gasteiger partial charge < -0.3 is 29.4 Å². The molecule has 3 aromatic rings. The van der Waals surface area contributed by atoms with Crippen LogP contribution in [-0.4, -0.2) is 60.8 Å². The molecule has 0 radical (unpaired) electrons. The summed E-state index contributed by atoms with van der Waals surface area (Å²) in [6, 6.07) is 13.9. The first-order valence-electron chi connectivity index (χ1n) is 16.5. The minimum atomic E-state index is -4.96. The Balaban J connectivity index is 1.09. The lowest BCUT2D eigenvalue weighted by Gasteiger charge is -2.59. The quantitative estimate of drug-likeness (QED) is 0.254. The fraction of sp³-hybridized carbons (Fsp3) is 0.472. The van der Waals surface area contributed by atoms with Crippen LogP contribution in [0.5, 0.6) is 0 Å². The molecule has 4 aliphatic carbocycles. The second-order valence-electron chi connectivity index (χ2n) is 14.6. The van der Waals surface area contributed by atoms with Crippen molar-refractivity contribution in [1.82, 2.24) is 9.97 Å². The zero-order chi connectivity index (χ0) is 33.6. The van der Waals surface area contributed by atoms with E-state index in [-0.39, 0.29) is 30.0 Å². The fourth-order valence-corrected chi connectivity index (χ4v) is 10.4. The Morgan fingerprint density at radius 3 is 2.69 bits per heavy atom. The number of aliphatic hydroxyl groups is 1. The van der Waals surface area contributed by atoms with Gasteiger partial charge in [-0.3, -0.25) is 14.1 Å². The van der Waals surface area contributed by atoms with Crippen molar-refractivity contribution >= 4 is 30.4 Å². The summed E-state index contributed by atoms with van der Waals surface area (Å²) in [5, 5.41) is 11.9. The van der Waals surface area contributed by atoms with Crippen molar-refractivity contribution in [2.75, 3.05) is 6.61 Å². The summed E-state index contributed by atoms with van der Waals surface area (Å²) in [4.78, 5) is 52.9. The van der Waals surface area contributed by atoms with Crippen molar-refractivity contribution in [3.63, 3.8) is 0 Å². The van der Waals surface area contributed by atoms with Crippen LogP contribution < -0.4 is 0 Å². The smallest absolute Gasteiger partial charge is 0.393 e. The molecule has 4 fully saturated rings. The number of carbonyl (C=O) groups is 2. The van der Waals surface area contributed by atoms with Crippen molar-refractivity contribution in [2.45, 2.75) is 70.1 Å². The van der Waals surface area contributed by atoms with Crippen molar-refractivity contribution in [3.05, 3.63) is 89.3 Å². The van der Waals surface area contributed by atoms with E-state index in [2.05, 4.69) is 23.0 Å². The first kappa shape index (κ1) is 32.0. The maximum absolute atomic E-state index is 14.2. The lowest BCUT2D eigenvalue weighted by molar-refractivity contribution is -0.200. The molecule has 5 aliphatic rings. The third-order valence-electron chi connectivity index (χ3n) is 12.2. The zero-order valence-electron chi connectivity index (χ0n) is 26.7. The van der Waals surface area contributed by atoms with Crippen molar-refractivity contribution < 1.29 is 43.0 Å². The number of imidazole rings is 1. The SMILES string of the molecule is C[C@]12C=CC(=O)C=C1CC[C@@H]1[C@@H]2[C@@H](O)C[C@@]2(C)[C@H]1C[C@H]1O[C@@H](c3ccc(Cc4ccc5nc[nH]c5c4)cc3)O[C@]12C(=O)COP(=O)(O)O. The van der Waals surface area contributed by atoms with Gasteiger partial charge >= 0.3 is 7.82 Å². The second kappa shape index (κ2) is 11.1. The molecule has 0 spiro atoms. The van der Waals surface area contributed by atoms with E-state index in [9.17, 15) is 29.0 Å². The summed E-state index contributed by atoms with van der Waals surface area (Å²) in [5.41, 5.74) is 2.80. The van der Waals surface area contributed by atoms with Gasteiger partial charge in [0.1, 0.15) is 6.61 Å². The number of aliphatic hydroxyl groups excluding tert-OH is 1. The third kappa shape index (κ3) is 4.86. The number of allylic oxidation sites excluding steroid dienone is 4. The van der Waals surface area contributed by atoms with Gasteiger partial charge in [-0.2, -0.15) is 0 Å². The Kier molecular flexibility index (Phi) is 7.40. The van der Waals surface area contributed by atoms with Gasteiger partial charge in [0.15, 0.2) is 23.5 Å². The first-order chi connectivity index (χ1) is 22.8. The number of nitrogens with one attached hydrogen (secondary N) is 1. The Bertz CT molecular complexity index is 1920. The lowest BCUT2D eigenvalue weighted by atomic mass is 9.46. The molecule has 2 aromatic carbocycles. The van der Waals surface area contributed by atoms with E-state index in [4.69, 9.17) is 14.0 Å². The van der Waals surface area contributed by atoms with E-state index in [1.807, 2.05) is 49.4 Å². The van der Waals surface area contributed by atoms with Gasteiger partial charge in [0.25, 0.3) is 0 Å². The minimum absolute atomic E-state index is 0.00245. The Morgan fingerprint density at radius 1 is 1.15 bits per heavy atom. The van der Waals surface area contributed by atoms with Crippen LogP contribution in [0.4, 0.5) is 0 Å². The standard InChI is InChI=1S/C36H39N2O9P/c1-34-12-11-24(39)15-23(34)8-9-25-26-16-31-36(30(41)18-45-48(42,43)44,35(26,2)17-29(40)32(25)34)47-33(46-31)22-6-3-20(4-7-22)13-21-5-10-27-28(14-21)38-19-37-27/h3-7,10-12,14-15,19,25-26,29,31-33,40H,8-9,13,16-18H2,1-2H3,(H,37,38)(H2,42,43,44)/t25-,26-,29-,31+,32+,33+,34-,35-,36+/m0/s1. The van der Waals surface area contributed by atoms with Gasteiger partial charge in [0, 0.05) is 22.3 Å². The van der Waals surface area contributed by atoms with Crippen molar-refractivity contribution in [1.29, 1.82) is 0 Å². The van der Waals surface area contributed by atoms with Gasteiger partial charge in [-0.1, -0.05) is 55.8 Å². The molecule has 1 aliphatic heterocycles. The van der Waals surface area contributed by atoms with E-state index >= 15 is 0 Å². The molecule has 3 saturated carbocycles. The molecule has 2 heterocycles. The number of ether oxygens (including phenoxy) is 2. The number of phosphoric acid groups is 1. The number of aromatic amines is 1. The van der Waals surface area contributed by atoms with Crippen LogP contribution in [0.1, 0.15) is 62.5 Å². The first-order valence-corrected chi connectivity index (χ1v) is 18.0. The normalized spacial score (nSPS) is 37.1. The molecule has 0 amide bonds. The second-order valence-corrected chi connectivity index (χ2v) is 15.9. The topological polar surface area (TPSA) is 168 Å². The molecule has 11 nitrogen and oxygen atoms in total. The monoisotopic (exact) mass is 674 g/mol. The number of Topliss-reactive ketones (excluding diaryl/α,β-unsaturated/α-hetero) is 1. The van der Waals surface area contributed by atoms with Gasteiger partial charge in [-0.25, -0.2) is 9.55 Å². The minimum Gasteiger partial charge on any atom is -0.393 e. The summed E-state index contributed by atoms with van der Waals surface area (Å²) in [5.74, 6) is -0.907. The highest BCUT2D eigenvalue weighted by Gasteiger charge is 2.76. The van der Waals surface area contributed by atoms with Gasteiger partial charge in [0.2, 0.25) is 0 Å². The summed E-state index contributed by atoms with van der Waals surface area (Å²) >= 11 is 0. The van der Waals surface area contributed by atoms with Gasteiger partial charge in [0.05, 0.1) is 29.6 Å². The number of H-pyrrole nitrogens is 1. The maximum Gasteiger partial charge on any atom is 0.470 e. The predicted octanol–water partition coefficient (Wildman–Crippen LogP) is 4.87. The zero-order valence-corrected chi connectivity index (χ0v) is 27.6. The summed E-state index contributed by atoms with van der Waals surface area (Å²) in [6.45, 7) is 3.18. The van der Waals surface area contributed by atoms with Crippen molar-refractivity contribution in [3.8, 4) is 0 Å². The fourth-order valence-electron chi connectivity index (χ4n) is 10.1. The molecule has 9 atom stereocenters. The highest BCUT2D eigenvalue weighted by Crippen LogP contribution is 2.70. The molecule has 0 bridgehead atoms. The average molecular weight is 675 g/mol. The number of carbonyl (C=O) groups excluding carboxylic acids is 2. The Morgan fingerprint density at radius 2 is 1.92 bits per heavy atom. The number of hydrogen-bond donors (Lipinski definition) is 4. The van der Waals surface area contributed by atoms with E-state index in [1.54, 1.807) is 18.5 Å². The van der Waals surface area contributed by atoms with E-state index in [0.29, 0.717) is 24.8 Å². The molecular formula is C36H39N2O9P. The molecule has 252 valence electrons. The summed E-state index contributed by atoms with van der Waals surface area (Å²) in [7, 11) is -4.96. The molecule has 48 heavy (non-hydrogen) atoms. The van der Waals surface area contributed by atoms with Crippen LogP contribution in [-0.2, 0) is 34.6 Å². The largest absolute Gasteiger partial charge is 0.470 e. The van der Waals surface area contributed by atoms with E-state index < -0.39 is 55.1 Å². The number of rotatable bonds is 7. The van der Waals surface area contributed by atoms with E-state index in [0.717, 1.165) is 34.2 Å². The number of phosphoric ester groups is 1. The third-order valence-corrected chi connectivity index (χ3v) is 12.6. The number of ketones is 2. The molecule has 12 heteroatoms. The van der Waals surface area contributed by atoms with Crippen LogP contribution in [0.3, 0.4) is 0 Å². The molecule has 4 N–H and O–H groups in total. The summed E-state index contributed by atoms with van der Waals surface area (Å²) < 4.78 is 29.8. The van der Waals surface area contributed by atoms with Gasteiger partial charge in [-0.05, 0) is 79.4 Å². The molecule has 1 saturated heterocycles. The number of benzene rings is 2. The highest BCUT2D eigenvalue weighted by molar-refractivity contribution is 7.46. The van der Waals surface area contributed by atoms with E-state index in [1.165, 1.54) is 0 Å². The Labute approximate surface area is 277 Å². The summed E-state index contributed by atoms with van der Waals surface area (Å²) in [6.07, 6.45) is 7.28. The average Bonchev–Trinajstić information content (AvgIpc) is 3.72. The Hall–Kier alpha value is -3.28. The van der Waals surface area contributed by atoms with Crippen LogP contribution in [0.15, 0.2) is 72.6 Å². The lowest BCUT2D eigenvalue weighted by Crippen LogP contribution is -2.63. The predicted molar refractivity (Wildman–Crippen MR) is 173 cm³/mol. The molecule has 0 unspecified atom stereocenters. The molecular weight excluding hydrogens is 635 g/mol. The molecule has 8 rings (SSSR count). The highest BCUT2D eigenvalue weighted by atomic mass is 31.2. The number of nitrogens with zero attached hydrogens (tertiary/aromatic N) is 1.